The molecule has 0 atom stereocenters. The summed E-state index contributed by atoms with van der Waals surface area (Å²) in [7, 11) is 1.59. The molecule has 0 radical (unpaired) electrons. The van der Waals surface area contributed by atoms with Crippen molar-refractivity contribution in [3.05, 3.63) is 35.9 Å². The van der Waals surface area contributed by atoms with E-state index in [9.17, 15) is 4.79 Å². The summed E-state index contributed by atoms with van der Waals surface area (Å²) in [5.74, 6) is -0.105. The Bertz CT molecular complexity index is 317. The fraction of sp³-hybridized carbons (Fsp3) is 0.417. The van der Waals surface area contributed by atoms with Crippen LogP contribution in [0.5, 0.6) is 0 Å². The zero-order valence-corrected chi connectivity index (χ0v) is 9.94. The van der Waals surface area contributed by atoms with Gasteiger partial charge in [0.05, 0.1) is 19.8 Å². The van der Waals surface area contributed by atoms with Gasteiger partial charge in [0, 0.05) is 13.7 Å². The summed E-state index contributed by atoms with van der Waals surface area (Å²) in [4.78, 5) is 16.3. The number of hydroxylamine groups is 1. The molecule has 0 aliphatic heterocycles. The maximum Gasteiger partial charge on any atom is 0.236 e. The number of carbonyl (C=O) groups excluding carboxylic acids is 1. The maximum atomic E-state index is 11.4. The normalized spacial score (nSPS) is 10.2. The van der Waals surface area contributed by atoms with Crippen molar-refractivity contribution in [3.63, 3.8) is 0 Å². The van der Waals surface area contributed by atoms with Gasteiger partial charge in [-0.2, -0.15) is 5.48 Å². The highest BCUT2D eigenvalue weighted by Gasteiger charge is 2.00. The van der Waals surface area contributed by atoms with Gasteiger partial charge in [0.25, 0.3) is 0 Å². The molecule has 1 rings (SSSR count). The van der Waals surface area contributed by atoms with E-state index in [-0.39, 0.29) is 12.5 Å². The summed E-state index contributed by atoms with van der Waals surface area (Å²) in [5, 5.41) is 2.78. The van der Waals surface area contributed by atoms with Crippen LogP contribution in [0.4, 0.5) is 0 Å². The largest absolute Gasteiger partial charge is 0.382 e. The molecule has 1 amide bonds. The Kier molecular flexibility index (Phi) is 6.97. The molecule has 0 heterocycles. The Labute approximate surface area is 101 Å². The van der Waals surface area contributed by atoms with Crippen molar-refractivity contribution in [2.24, 2.45) is 0 Å². The molecular weight excluding hydrogens is 220 g/mol. The number of amides is 1. The number of ether oxygens (including phenoxy) is 1. The number of hydrogen-bond donors (Lipinski definition) is 2. The molecule has 0 aliphatic rings. The molecule has 0 saturated heterocycles. The molecule has 5 nitrogen and oxygen atoms in total. The molecule has 94 valence electrons. The highest BCUT2D eigenvalue weighted by molar-refractivity contribution is 5.77. The van der Waals surface area contributed by atoms with Gasteiger partial charge < -0.3 is 10.1 Å². The van der Waals surface area contributed by atoms with Crippen LogP contribution in [-0.2, 0) is 20.9 Å². The number of carbonyl (C=O) groups is 1. The third-order valence-corrected chi connectivity index (χ3v) is 2.06. The fourth-order valence-corrected chi connectivity index (χ4v) is 1.17. The minimum absolute atomic E-state index is 0.105. The van der Waals surface area contributed by atoms with Gasteiger partial charge in [-0.3, -0.25) is 9.63 Å². The molecule has 1 aromatic carbocycles. The Balaban J connectivity index is 2.05. The van der Waals surface area contributed by atoms with Gasteiger partial charge in [-0.05, 0) is 5.56 Å². The number of rotatable bonds is 8. The van der Waals surface area contributed by atoms with Crippen molar-refractivity contribution in [2.45, 2.75) is 6.54 Å². The van der Waals surface area contributed by atoms with Crippen LogP contribution in [0.25, 0.3) is 0 Å². The Morgan fingerprint density at radius 2 is 2.00 bits per heavy atom. The van der Waals surface area contributed by atoms with Crippen molar-refractivity contribution in [2.75, 3.05) is 26.9 Å². The Morgan fingerprint density at radius 1 is 1.24 bits per heavy atom. The molecule has 0 spiro atoms. The second-order valence-corrected chi connectivity index (χ2v) is 3.42. The molecule has 0 aromatic heterocycles. The lowest BCUT2D eigenvalue weighted by atomic mass is 10.2. The average molecular weight is 238 g/mol. The van der Waals surface area contributed by atoms with Crippen molar-refractivity contribution in [1.82, 2.24) is 10.8 Å². The van der Waals surface area contributed by atoms with E-state index in [2.05, 4.69) is 10.8 Å². The van der Waals surface area contributed by atoms with E-state index in [1.807, 2.05) is 30.3 Å². The molecule has 0 fully saturated rings. The van der Waals surface area contributed by atoms with Crippen LogP contribution in [0.3, 0.4) is 0 Å². The molecule has 0 bridgehead atoms. The smallest absolute Gasteiger partial charge is 0.236 e. The summed E-state index contributed by atoms with van der Waals surface area (Å²) < 4.78 is 4.79. The van der Waals surface area contributed by atoms with Gasteiger partial charge in [0.1, 0.15) is 0 Å². The summed E-state index contributed by atoms with van der Waals surface area (Å²) in [6.45, 7) is 1.58. The zero-order chi connectivity index (χ0) is 12.3. The van der Waals surface area contributed by atoms with Crippen LogP contribution in [0.1, 0.15) is 5.56 Å². The lowest BCUT2D eigenvalue weighted by molar-refractivity contribution is -0.123. The maximum absolute atomic E-state index is 11.4. The highest BCUT2D eigenvalue weighted by atomic mass is 16.7. The molecule has 17 heavy (non-hydrogen) atoms. The van der Waals surface area contributed by atoms with E-state index in [1.165, 1.54) is 0 Å². The predicted molar refractivity (Wildman–Crippen MR) is 64.1 cm³/mol. The second kappa shape index (κ2) is 8.69. The van der Waals surface area contributed by atoms with Gasteiger partial charge in [-0.25, -0.2) is 0 Å². The molecular formula is C12H18N2O3. The first kappa shape index (κ1) is 13.6. The third kappa shape index (κ3) is 6.68. The number of hydrogen-bond acceptors (Lipinski definition) is 4. The van der Waals surface area contributed by atoms with Crippen molar-refractivity contribution in [3.8, 4) is 0 Å². The van der Waals surface area contributed by atoms with Crippen molar-refractivity contribution in [1.29, 1.82) is 0 Å². The monoisotopic (exact) mass is 238 g/mol. The zero-order valence-electron chi connectivity index (χ0n) is 9.94. The molecule has 0 saturated carbocycles. The van der Waals surface area contributed by atoms with E-state index in [0.717, 1.165) is 5.56 Å². The second-order valence-electron chi connectivity index (χ2n) is 3.42. The van der Waals surface area contributed by atoms with Crippen LogP contribution in [-0.4, -0.2) is 32.8 Å². The summed E-state index contributed by atoms with van der Waals surface area (Å²) in [5.41, 5.74) is 3.63. The first-order valence-corrected chi connectivity index (χ1v) is 5.47. The molecule has 2 N–H and O–H groups in total. The summed E-state index contributed by atoms with van der Waals surface area (Å²) >= 11 is 0. The molecule has 0 unspecified atom stereocenters. The minimum Gasteiger partial charge on any atom is -0.382 e. The third-order valence-electron chi connectivity index (χ3n) is 2.06. The SMILES string of the molecule is COCCONCC(=O)NCc1ccccc1. The van der Waals surface area contributed by atoms with Crippen LogP contribution < -0.4 is 10.8 Å². The number of nitrogens with one attached hydrogen (secondary N) is 2. The summed E-state index contributed by atoms with van der Waals surface area (Å²) in [6, 6.07) is 9.74. The van der Waals surface area contributed by atoms with Crippen LogP contribution in [0.2, 0.25) is 0 Å². The Hall–Kier alpha value is -1.43. The average Bonchev–Trinajstić information content (AvgIpc) is 2.37. The van der Waals surface area contributed by atoms with Gasteiger partial charge in [-0.1, -0.05) is 30.3 Å². The van der Waals surface area contributed by atoms with Gasteiger partial charge in [0.2, 0.25) is 5.91 Å². The van der Waals surface area contributed by atoms with Crippen LogP contribution in [0, 0.1) is 0 Å². The number of benzene rings is 1. The fourth-order valence-electron chi connectivity index (χ4n) is 1.17. The van der Waals surface area contributed by atoms with E-state index in [0.29, 0.717) is 19.8 Å². The molecule has 0 aliphatic carbocycles. The Morgan fingerprint density at radius 3 is 2.71 bits per heavy atom. The highest BCUT2D eigenvalue weighted by Crippen LogP contribution is 1.96. The quantitative estimate of drug-likeness (QED) is 0.510. The predicted octanol–water partition coefficient (Wildman–Crippen LogP) is 0.470. The van der Waals surface area contributed by atoms with Crippen LogP contribution in [0.15, 0.2) is 30.3 Å². The topological polar surface area (TPSA) is 59.6 Å². The van der Waals surface area contributed by atoms with Gasteiger partial charge in [-0.15, -0.1) is 0 Å². The minimum atomic E-state index is -0.105. The first-order valence-electron chi connectivity index (χ1n) is 5.47. The number of methoxy groups -OCH3 is 1. The first-order chi connectivity index (χ1) is 8.33. The molecule has 1 aromatic rings. The van der Waals surface area contributed by atoms with E-state index >= 15 is 0 Å². The summed E-state index contributed by atoms with van der Waals surface area (Å²) in [6.07, 6.45) is 0. The van der Waals surface area contributed by atoms with Crippen LogP contribution >= 0.6 is 0 Å². The lowest BCUT2D eigenvalue weighted by Gasteiger charge is -2.07. The van der Waals surface area contributed by atoms with Gasteiger partial charge >= 0.3 is 0 Å². The van der Waals surface area contributed by atoms with Gasteiger partial charge in [0.15, 0.2) is 0 Å². The molecule has 5 heteroatoms. The van der Waals surface area contributed by atoms with Crippen molar-refractivity contribution < 1.29 is 14.4 Å². The van der Waals surface area contributed by atoms with E-state index in [4.69, 9.17) is 9.57 Å². The van der Waals surface area contributed by atoms with Crippen molar-refractivity contribution >= 4 is 5.91 Å². The lowest BCUT2D eigenvalue weighted by Crippen LogP contribution is -2.34. The van der Waals surface area contributed by atoms with E-state index in [1.54, 1.807) is 7.11 Å². The van der Waals surface area contributed by atoms with E-state index < -0.39 is 0 Å². The standard InChI is InChI=1S/C12H18N2O3/c1-16-7-8-17-14-10-12(15)13-9-11-5-3-2-4-6-11/h2-6,14H,7-10H2,1H3,(H,13,15).